The van der Waals surface area contributed by atoms with Gasteiger partial charge in [0, 0.05) is 27.5 Å². The molecule has 1 aliphatic rings. The van der Waals surface area contributed by atoms with Crippen molar-refractivity contribution >= 4 is 60.4 Å². The van der Waals surface area contributed by atoms with E-state index < -0.39 is 0 Å². The molecule has 4 heterocycles. The molecule has 9 heteroatoms. The lowest BCUT2D eigenvalue weighted by Gasteiger charge is -2.14. The Kier molecular flexibility index (Phi) is 4.40. The first-order valence-electron chi connectivity index (χ1n) is 10.1. The average Bonchev–Trinajstić information content (AvgIpc) is 3.51. The summed E-state index contributed by atoms with van der Waals surface area (Å²) < 4.78 is 8.34. The van der Waals surface area contributed by atoms with Crippen molar-refractivity contribution in [3.63, 3.8) is 0 Å². The van der Waals surface area contributed by atoms with E-state index >= 15 is 0 Å². The second-order valence-electron chi connectivity index (χ2n) is 7.66. The molecule has 0 N–H and O–H groups in total. The van der Waals surface area contributed by atoms with Crippen LogP contribution < -0.4 is 15.0 Å². The summed E-state index contributed by atoms with van der Waals surface area (Å²) in [6.45, 7) is 6.04. The van der Waals surface area contributed by atoms with E-state index in [-0.39, 0.29) is 11.5 Å². The number of rotatable bonds is 3. The molecule has 1 aliphatic heterocycles. The molecule has 3 aromatic heterocycles. The predicted molar refractivity (Wildman–Crippen MR) is 131 cm³/mol. The van der Waals surface area contributed by atoms with Gasteiger partial charge < -0.3 is 9.32 Å². The van der Waals surface area contributed by atoms with Gasteiger partial charge in [0.15, 0.2) is 5.76 Å². The Morgan fingerprint density at radius 2 is 2.03 bits per heavy atom. The van der Waals surface area contributed by atoms with E-state index in [1.807, 2.05) is 49.4 Å². The largest absolute Gasteiger partial charge is 0.452 e. The van der Waals surface area contributed by atoms with Crippen molar-refractivity contribution in [3.8, 4) is 11.6 Å². The van der Waals surface area contributed by atoms with Gasteiger partial charge in [0.05, 0.1) is 11.3 Å². The number of para-hydroxylation sites is 1. The van der Waals surface area contributed by atoms with Gasteiger partial charge in [0.25, 0.3) is 11.5 Å². The number of carbonyl (C=O) groups excluding carboxylic acids is 1. The maximum absolute atomic E-state index is 13.3. The Balaban J connectivity index is 1.57. The number of thiazole rings is 1. The minimum absolute atomic E-state index is 0.238. The topological polar surface area (TPSA) is 80.7 Å². The van der Waals surface area contributed by atoms with Crippen LogP contribution >= 0.6 is 27.3 Å². The number of furan rings is 1. The fraction of sp³-hybridized carbons (Fsp3) is 0.0833. The summed E-state index contributed by atoms with van der Waals surface area (Å²) in [6.07, 6.45) is 1.66. The third-order valence-corrected chi connectivity index (χ3v) is 7.24. The van der Waals surface area contributed by atoms with E-state index in [9.17, 15) is 9.59 Å². The van der Waals surface area contributed by atoms with Crippen molar-refractivity contribution in [1.82, 2.24) is 14.6 Å². The Labute approximate surface area is 199 Å². The summed E-state index contributed by atoms with van der Waals surface area (Å²) in [5, 5.41) is 5.41. The van der Waals surface area contributed by atoms with Crippen LogP contribution in [-0.4, -0.2) is 27.0 Å². The molecule has 1 amide bonds. The summed E-state index contributed by atoms with van der Waals surface area (Å²) in [5.74, 6) is 0.639. The van der Waals surface area contributed by atoms with Crippen LogP contribution in [0.3, 0.4) is 0 Å². The number of amides is 1. The molecule has 33 heavy (non-hydrogen) atoms. The minimum atomic E-state index is -0.378. The first kappa shape index (κ1) is 20.1. The number of hydrogen-bond donors (Lipinski definition) is 0. The van der Waals surface area contributed by atoms with Crippen LogP contribution in [0.4, 0.5) is 5.69 Å². The van der Waals surface area contributed by atoms with E-state index in [1.54, 1.807) is 11.0 Å². The molecular weight excluding hydrogens is 504 g/mol. The molecule has 0 fully saturated rings. The molecular formula is C24H15BrN4O3S. The lowest BCUT2D eigenvalue weighted by atomic mass is 10.1. The standard InChI is InChI=1S/C24H15BrN4O3S/c1-3-10-28-16-9-8-13(25)11-15(16)18(22(28)30)20-23(31)29-24(33-20)26-21(27-29)19-12(2)14-6-4-5-7-17(14)32-19/h3-9,11H,1,10H2,2H3. The number of nitrogens with zero attached hydrogens (tertiary/aromatic N) is 4. The summed E-state index contributed by atoms with van der Waals surface area (Å²) in [4.78, 5) is 33.2. The molecule has 0 aliphatic carbocycles. The van der Waals surface area contributed by atoms with E-state index in [4.69, 9.17) is 4.42 Å². The molecule has 162 valence electrons. The number of halogens is 1. The van der Waals surface area contributed by atoms with Gasteiger partial charge in [0.2, 0.25) is 10.8 Å². The van der Waals surface area contributed by atoms with Crippen molar-refractivity contribution in [2.45, 2.75) is 6.92 Å². The average molecular weight is 519 g/mol. The molecule has 0 atom stereocenters. The van der Waals surface area contributed by atoms with Gasteiger partial charge in [-0.1, -0.05) is 51.5 Å². The number of hydrogen-bond acceptors (Lipinski definition) is 6. The fourth-order valence-electron chi connectivity index (χ4n) is 4.20. The van der Waals surface area contributed by atoms with Gasteiger partial charge in [-0.3, -0.25) is 9.59 Å². The lowest BCUT2D eigenvalue weighted by molar-refractivity contribution is -0.112. The Morgan fingerprint density at radius 1 is 1.21 bits per heavy atom. The fourth-order valence-corrected chi connectivity index (χ4v) is 5.56. The summed E-state index contributed by atoms with van der Waals surface area (Å²) >= 11 is 4.62. The second kappa shape index (κ2) is 7.23. The highest BCUT2D eigenvalue weighted by Crippen LogP contribution is 2.37. The number of benzene rings is 2. The minimum Gasteiger partial charge on any atom is -0.452 e. The normalized spacial score (nSPS) is 15.1. The zero-order valence-corrected chi connectivity index (χ0v) is 19.7. The summed E-state index contributed by atoms with van der Waals surface area (Å²) in [7, 11) is 0. The molecule has 7 nitrogen and oxygen atoms in total. The number of fused-ring (bicyclic) bond motifs is 3. The van der Waals surface area contributed by atoms with Crippen LogP contribution in [0.25, 0.3) is 33.1 Å². The zero-order chi connectivity index (χ0) is 22.9. The highest BCUT2D eigenvalue weighted by molar-refractivity contribution is 9.10. The van der Waals surface area contributed by atoms with Gasteiger partial charge >= 0.3 is 0 Å². The SMILES string of the molecule is C=CCN1C(=O)C(=c2sc3nc(-c4oc5ccccc5c4C)nn3c2=O)c2cc(Br)ccc21. The highest BCUT2D eigenvalue weighted by Gasteiger charge is 2.34. The number of aryl methyl sites for hydroxylation is 1. The third-order valence-electron chi connectivity index (χ3n) is 5.72. The molecule has 0 spiro atoms. The molecule has 0 saturated heterocycles. The van der Waals surface area contributed by atoms with Crippen LogP contribution in [0.1, 0.15) is 11.1 Å². The van der Waals surface area contributed by atoms with E-state index in [0.29, 0.717) is 38.8 Å². The van der Waals surface area contributed by atoms with E-state index in [1.165, 1.54) is 4.52 Å². The molecule has 5 aromatic rings. The van der Waals surface area contributed by atoms with E-state index in [2.05, 4.69) is 32.6 Å². The summed E-state index contributed by atoms with van der Waals surface area (Å²) in [5.41, 5.74) is 3.08. The van der Waals surface area contributed by atoms with Crippen molar-refractivity contribution in [3.05, 3.63) is 85.6 Å². The van der Waals surface area contributed by atoms with Gasteiger partial charge in [-0.25, -0.2) is 0 Å². The zero-order valence-electron chi connectivity index (χ0n) is 17.3. The maximum atomic E-state index is 13.3. The molecule has 6 rings (SSSR count). The lowest BCUT2D eigenvalue weighted by Crippen LogP contribution is -2.32. The summed E-state index contributed by atoms with van der Waals surface area (Å²) in [6, 6.07) is 13.3. The van der Waals surface area contributed by atoms with Crippen LogP contribution in [0.15, 0.2) is 68.8 Å². The predicted octanol–water partition coefficient (Wildman–Crippen LogP) is 4.09. The van der Waals surface area contributed by atoms with Gasteiger partial charge in [-0.05, 0) is 31.2 Å². The quantitative estimate of drug-likeness (QED) is 0.336. The maximum Gasteiger partial charge on any atom is 0.291 e. The van der Waals surface area contributed by atoms with Crippen LogP contribution in [0.2, 0.25) is 0 Å². The Morgan fingerprint density at radius 3 is 2.79 bits per heavy atom. The molecule has 2 aromatic carbocycles. The molecule has 0 bridgehead atoms. The van der Waals surface area contributed by atoms with Crippen molar-refractivity contribution < 1.29 is 9.21 Å². The van der Waals surface area contributed by atoms with Gasteiger partial charge in [-0.2, -0.15) is 9.50 Å². The first-order valence-corrected chi connectivity index (χ1v) is 11.7. The van der Waals surface area contributed by atoms with Crippen LogP contribution in [0, 0.1) is 6.92 Å². The molecule has 0 unspecified atom stereocenters. The van der Waals surface area contributed by atoms with Gasteiger partial charge in [0.1, 0.15) is 10.1 Å². The van der Waals surface area contributed by atoms with Crippen molar-refractivity contribution in [2.75, 3.05) is 11.4 Å². The van der Waals surface area contributed by atoms with Crippen molar-refractivity contribution in [2.24, 2.45) is 0 Å². The first-order chi connectivity index (χ1) is 16.0. The number of anilines is 1. The van der Waals surface area contributed by atoms with E-state index in [0.717, 1.165) is 38.0 Å². The molecule has 0 saturated carbocycles. The monoisotopic (exact) mass is 518 g/mol. The number of carbonyl (C=O) groups is 1. The molecule has 0 radical (unpaired) electrons. The Hall–Kier alpha value is -3.56. The van der Waals surface area contributed by atoms with Crippen LogP contribution in [-0.2, 0) is 4.79 Å². The van der Waals surface area contributed by atoms with Crippen LogP contribution in [0.5, 0.6) is 0 Å². The Bertz CT molecular complexity index is 1750. The smallest absolute Gasteiger partial charge is 0.291 e. The third kappa shape index (κ3) is 2.86. The van der Waals surface area contributed by atoms with Crippen molar-refractivity contribution in [1.29, 1.82) is 0 Å². The van der Waals surface area contributed by atoms with Gasteiger partial charge in [-0.15, -0.1) is 11.7 Å². The number of aromatic nitrogens is 3. The highest BCUT2D eigenvalue weighted by atomic mass is 79.9. The second-order valence-corrected chi connectivity index (χ2v) is 9.55.